The third kappa shape index (κ3) is 6.31. The Morgan fingerprint density at radius 1 is 1.00 bits per heavy atom. The number of pyridine rings is 2. The Labute approximate surface area is 231 Å². The van der Waals surface area contributed by atoms with E-state index in [4.69, 9.17) is 4.98 Å². The van der Waals surface area contributed by atoms with Gasteiger partial charge in [0.1, 0.15) is 0 Å². The van der Waals surface area contributed by atoms with E-state index in [0.29, 0.717) is 59.4 Å². The minimum Gasteiger partial charge on any atom is -0.352 e. The van der Waals surface area contributed by atoms with Crippen LogP contribution in [0, 0.1) is 5.92 Å². The van der Waals surface area contributed by atoms with Crippen LogP contribution < -0.4 is 5.32 Å². The summed E-state index contributed by atoms with van der Waals surface area (Å²) in [6.07, 6.45) is 8.01. The number of hydrogen-bond acceptors (Lipinski definition) is 6. The maximum absolute atomic E-state index is 13.5. The van der Waals surface area contributed by atoms with Crippen molar-refractivity contribution in [3.63, 3.8) is 0 Å². The minimum atomic E-state index is -3.66. The maximum atomic E-state index is 13.5. The number of piperidine rings is 2. The summed E-state index contributed by atoms with van der Waals surface area (Å²) in [5.41, 5.74) is 2.22. The van der Waals surface area contributed by atoms with E-state index < -0.39 is 10.0 Å². The zero-order valence-electron chi connectivity index (χ0n) is 23.0. The SMILES string of the molecule is CC1CCN(S(=O)(=O)c2ccc3nc(-c4ccccn4)cc(C(=O)NCCCN4CCCC[C@@H]4C)c3c2)CC1. The Bertz CT molecular complexity index is 1400. The number of likely N-dealkylation sites (tertiary alicyclic amines) is 1. The van der Waals surface area contributed by atoms with Crippen LogP contribution in [0.1, 0.15) is 62.7 Å². The number of nitrogens with zero attached hydrogens (tertiary/aromatic N) is 4. The van der Waals surface area contributed by atoms with Gasteiger partial charge >= 0.3 is 0 Å². The minimum absolute atomic E-state index is 0.199. The second kappa shape index (κ2) is 12.1. The number of aromatic nitrogens is 2. The lowest BCUT2D eigenvalue weighted by molar-refractivity contribution is 0.0950. The molecule has 4 heterocycles. The van der Waals surface area contributed by atoms with Crippen molar-refractivity contribution in [3.05, 3.63) is 54.2 Å². The predicted octanol–water partition coefficient (Wildman–Crippen LogP) is 4.71. The molecule has 1 aromatic carbocycles. The Balaban J connectivity index is 1.42. The molecule has 3 aromatic rings. The first kappa shape index (κ1) is 27.7. The van der Waals surface area contributed by atoms with Crippen LogP contribution in [0.4, 0.5) is 0 Å². The molecule has 2 aliphatic rings. The van der Waals surface area contributed by atoms with Crippen molar-refractivity contribution >= 4 is 26.8 Å². The number of rotatable bonds is 8. The number of carbonyl (C=O) groups is 1. The Hall–Kier alpha value is -2.88. The summed E-state index contributed by atoms with van der Waals surface area (Å²) in [6.45, 7) is 8.08. The lowest BCUT2D eigenvalue weighted by atomic mass is 10.0. The van der Waals surface area contributed by atoms with E-state index in [0.717, 1.165) is 32.4 Å². The van der Waals surface area contributed by atoms with E-state index in [1.165, 1.54) is 19.3 Å². The van der Waals surface area contributed by atoms with Gasteiger partial charge < -0.3 is 10.2 Å². The van der Waals surface area contributed by atoms with Gasteiger partial charge in [-0.15, -0.1) is 0 Å². The van der Waals surface area contributed by atoms with Crippen LogP contribution in [0.3, 0.4) is 0 Å². The highest BCUT2D eigenvalue weighted by molar-refractivity contribution is 7.89. The summed E-state index contributed by atoms with van der Waals surface area (Å²) in [7, 11) is -3.66. The molecule has 208 valence electrons. The van der Waals surface area contributed by atoms with Gasteiger partial charge in [0.15, 0.2) is 0 Å². The van der Waals surface area contributed by atoms with Crippen molar-refractivity contribution in [2.45, 2.75) is 63.3 Å². The Kier molecular flexibility index (Phi) is 8.59. The second-order valence-electron chi connectivity index (χ2n) is 11.0. The molecule has 2 saturated heterocycles. The molecule has 5 rings (SSSR count). The molecule has 0 aliphatic carbocycles. The summed E-state index contributed by atoms with van der Waals surface area (Å²) in [6, 6.07) is 12.8. The molecule has 39 heavy (non-hydrogen) atoms. The molecule has 1 atom stereocenters. The standard InChI is InChI=1S/C30H39N5O3S/c1-22-12-18-35(19-13-22)39(37,38)24-10-11-27-25(20-24)26(21-29(33-27)28-9-3-5-14-31-28)30(36)32-15-7-17-34-16-6-4-8-23(34)2/h3,5,9-11,14,20-23H,4,6-8,12-13,15-19H2,1-2H3,(H,32,36)/t23-/m0/s1. The van der Waals surface area contributed by atoms with Gasteiger partial charge in [-0.2, -0.15) is 4.31 Å². The van der Waals surface area contributed by atoms with Gasteiger partial charge in [0.25, 0.3) is 5.91 Å². The highest BCUT2D eigenvalue weighted by Gasteiger charge is 2.29. The molecule has 2 fully saturated rings. The van der Waals surface area contributed by atoms with E-state index in [1.54, 1.807) is 34.8 Å². The van der Waals surface area contributed by atoms with Crippen LogP contribution in [-0.4, -0.2) is 72.3 Å². The topological polar surface area (TPSA) is 95.5 Å². The summed E-state index contributed by atoms with van der Waals surface area (Å²) in [5, 5.41) is 3.61. The third-order valence-electron chi connectivity index (χ3n) is 8.18. The molecular formula is C30H39N5O3S. The lowest BCUT2D eigenvalue weighted by Gasteiger charge is -2.33. The zero-order chi connectivity index (χ0) is 27.4. The molecule has 9 heteroatoms. The molecule has 1 amide bonds. The number of hydrogen-bond donors (Lipinski definition) is 1. The first-order valence-electron chi connectivity index (χ1n) is 14.2. The van der Waals surface area contributed by atoms with Gasteiger partial charge in [-0.1, -0.05) is 19.4 Å². The fourth-order valence-electron chi connectivity index (χ4n) is 5.64. The number of benzene rings is 1. The number of sulfonamides is 1. The van der Waals surface area contributed by atoms with Gasteiger partial charge in [0, 0.05) is 43.8 Å². The quantitative estimate of drug-likeness (QED) is 0.409. The number of fused-ring (bicyclic) bond motifs is 1. The Morgan fingerprint density at radius 2 is 1.82 bits per heavy atom. The normalized spacial score (nSPS) is 19.8. The highest BCUT2D eigenvalue weighted by Crippen LogP contribution is 2.29. The first-order valence-corrected chi connectivity index (χ1v) is 15.7. The molecule has 0 spiro atoms. The molecule has 0 bridgehead atoms. The number of nitrogens with one attached hydrogen (secondary N) is 1. The summed E-state index contributed by atoms with van der Waals surface area (Å²) in [5.74, 6) is 0.295. The van der Waals surface area contributed by atoms with E-state index in [1.807, 2.05) is 18.2 Å². The second-order valence-corrected chi connectivity index (χ2v) is 13.0. The molecule has 0 saturated carbocycles. The maximum Gasteiger partial charge on any atom is 0.252 e. The fourth-order valence-corrected chi connectivity index (χ4v) is 7.14. The summed E-state index contributed by atoms with van der Waals surface area (Å²) in [4.78, 5) is 25.4. The third-order valence-corrected chi connectivity index (χ3v) is 10.1. The van der Waals surface area contributed by atoms with Gasteiger partial charge in [0.05, 0.1) is 27.4 Å². The van der Waals surface area contributed by atoms with Gasteiger partial charge in [-0.3, -0.25) is 9.78 Å². The first-order chi connectivity index (χ1) is 18.8. The lowest BCUT2D eigenvalue weighted by Crippen LogP contribution is -2.39. The van der Waals surface area contributed by atoms with Crippen LogP contribution in [0.15, 0.2) is 53.6 Å². The fraction of sp³-hybridized carbons (Fsp3) is 0.500. The number of carbonyl (C=O) groups excluding carboxylic acids is 1. The highest BCUT2D eigenvalue weighted by atomic mass is 32.2. The summed E-state index contributed by atoms with van der Waals surface area (Å²) >= 11 is 0. The van der Waals surface area contributed by atoms with Crippen LogP contribution in [-0.2, 0) is 10.0 Å². The molecule has 2 aromatic heterocycles. The number of amides is 1. The molecule has 0 radical (unpaired) electrons. The largest absolute Gasteiger partial charge is 0.352 e. The molecule has 2 aliphatic heterocycles. The zero-order valence-corrected chi connectivity index (χ0v) is 23.8. The Morgan fingerprint density at radius 3 is 2.56 bits per heavy atom. The predicted molar refractivity (Wildman–Crippen MR) is 154 cm³/mol. The van der Waals surface area contributed by atoms with E-state index in [9.17, 15) is 13.2 Å². The molecule has 1 N–H and O–H groups in total. The van der Waals surface area contributed by atoms with Crippen molar-refractivity contribution in [1.29, 1.82) is 0 Å². The van der Waals surface area contributed by atoms with Crippen LogP contribution >= 0.6 is 0 Å². The monoisotopic (exact) mass is 549 g/mol. The van der Waals surface area contributed by atoms with Crippen molar-refractivity contribution in [2.24, 2.45) is 5.92 Å². The molecule has 0 unspecified atom stereocenters. The van der Waals surface area contributed by atoms with E-state index in [-0.39, 0.29) is 10.8 Å². The van der Waals surface area contributed by atoms with Crippen molar-refractivity contribution in [1.82, 2.24) is 24.5 Å². The average Bonchev–Trinajstić information content (AvgIpc) is 2.96. The van der Waals surface area contributed by atoms with Crippen molar-refractivity contribution < 1.29 is 13.2 Å². The van der Waals surface area contributed by atoms with Crippen LogP contribution in [0.2, 0.25) is 0 Å². The van der Waals surface area contributed by atoms with Crippen LogP contribution in [0.25, 0.3) is 22.3 Å². The van der Waals surface area contributed by atoms with E-state index in [2.05, 4.69) is 29.0 Å². The van der Waals surface area contributed by atoms with Gasteiger partial charge in [0.2, 0.25) is 10.0 Å². The van der Waals surface area contributed by atoms with Crippen molar-refractivity contribution in [3.8, 4) is 11.4 Å². The summed E-state index contributed by atoms with van der Waals surface area (Å²) < 4.78 is 28.5. The van der Waals surface area contributed by atoms with E-state index >= 15 is 0 Å². The van der Waals surface area contributed by atoms with Crippen molar-refractivity contribution in [2.75, 3.05) is 32.7 Å². The molecular weight excluding hydrogens is 510 g/mol. The van der Waals surface area contributed by atoms with Gasteiger partial charge in [-0.25, -0.2) is 13.4 Å². The molecule has 8 nitrogen and oxygen atoms in total. The van der Waals surface area contributed by atoms with Crippen LogP contribution in [0.5, 0.6) is 0 Å². The smallest absolute Gasteiger partial charge is 0.252 e. The van der Waals surface area contributed by atoms with Gasteiger partial charge in [-0.05, 0) is 87.9 Å². The average molecular weight is 550 g/mol.